The summed E-state index contributed by atoms with van der Waals surface area (Å²) in [5.74, 6) is 0.698. The minimum Gasteiger partial charge on any atom is -0.490 e. The Morgan fingerprint density at radius 2 is 2.04 bits per heavy atom. The van der Waals surface area contributed by atoms with Crippen molar-refractivity contribution in [1.29, 1.82) is 0 Å². The number of aryl methyl sites for hydroxylation is 1. The van der Waals surface area contributed by atoms with Gasteiger partial charge in [0.25, 0.3) is 5.56 Å². The van der Waals surface area contributed by atoms with E-state index in [1.165, 1.54) is 22.2 Å². The second-order valence-corrected chi connectivity index (χ2v) is 7.86. The molecule has 3 aromatic rings. The smallest absolute Gasteiger partial charge is 0.262 e. The van der Waals surface area contributed by atoms with E-state index in [0.29, 0.717) is 45.6 Å². The van der Waals surface area contributed by atoms with Gasteiger partial charge in [-0.1, -0.05) is 18.5 Å². The molecule has 0 saturated carbocycles. The topological polar surface area (TPSA) is 82.5 Å². The van der Waals surface area contributed by atoms with Gasteiger partial charge in [0.1, 0.15) is 11.4 Å². The van der Waals surface area contributed by atoms with Crippen molar-refractivity contribution in [3.8, 4) is 11.5 Å². The van der Waals surface area contributed by atoms with Crippen LogP contribution in [0.25, 0.3) is 10.2 Å². The molecule has 9 heteroatoms. The lowest BCUT2D eigenvalue weighted by Crippen LogP contribution is -2.27. The Morgan fingerprint density at radius 1 is 1.29 bits per heavy atom. The van der Waals surface area contributed by atoms with Crippen molar-refractivity contribution in [2.45, 2.75) is 26.3 Å². The standard InChI is InChI=1S/C19H18ClN3O4S/c1-2-11-6-12-18(28-11)21-10-23(19(12)25)9-17(24)22-14-8-16-15(7-13(14)20)26-4-3-5-27-16/h6-8,10H,2-5,9H2,1H3,(H,22,24). The number of hydrogen-bond acceptors (Lipinski definition) is 6. The fraction of sp³-hybridized carbons (Fsp3) is 0.316. The molecule has 2 aromatic heterocycles. The number of nitrogens with zero attached hydrogens (tertiary/aromatic N) is 2. The van der Waals surface area contributed by atoms with Crippen molar-refractivity contribution in [2.24, 2.45) is 0 Å². The molecule has 3 heterocycles. The molecule has 1 aliphatic rings. The fourth-order valence-electron chi connectivity index (χ4n) is 2.92. The Balaban J connectivity index is 1.55. The molecule has 0 atom stereocenters. The van der Waals surface area contributed by atoms with Gasteiger partial charge in [0.2, 0.25) is 5.91 Å². The van der Waals surface area contributed by atoms with E-state index in [1.807, 2.05) is 13.0 Å². The number of anilines is 1. The molecule has 7 nitrogen and oxygen atoms in total. The summed E-state index contributed by atoms with van der Waals surface area (Å²) >= 11 is 7.75. The van der Waals surface area contributed by atoms with E-state index in [1.54, 1.807) is 12.1 Å². The molecular weight excluding hydrogens is 402 g/mol. The van der Waals surface area contributed by atoms with Crippen molar-refractivity contribution in [3.05, 3.63) is 44.8 Å². The van der Waals surface area contributed by atoms with Crippen LogP contribution in [0.2, 0.25) is 5.02 Å². The first-order valence-corrected chi connectivity index (χ1v) is 10.1. The molecule has 0 aliphatic carbocycles. The molecular formula is C19H18ClN3O4S. The van der Waals surface area contributed by atoms with Crippen molar-refractivity contribution in [2.75, 3.05) is 18.5 Å². The van der Waals surface area contributed by atoms with Crippen LogP contribution in [0.15, 0.2) is 29.3 Å². The van der Waals surface area contributed by atoms with Gasteiger partial charge in [-0.25, -0.2) is 4.98 Å². The van der Waals surface area contributed by atoms with Gasteiger partial charge in [0.15, 0.2) is 11.5 Å². The Bertz CT molecular complexity index is 1110. The number of carbonyl (C=O) groups excluding carboxylic acids is 1. The molecule has 1 amide bonds. The molecule has 0 saturated heterocycles. The predicted octanol–water partition coefficient (Wildman–Crippen LogP) is 3.47. The van der Waals surface area contributed by atoms with Crippen LogP contribution in [0.5, 0.6) is 11.5 Å². The summed E-state index contributed by atoms with van der Waals surface area (Å²) in [6, 6.07) is 5.09. The Hall–Kier alpha value is -2.58. The second kappa shape index (κ2) is 7.81. The molecule has 0 unspecified atom stereocenters. The second-order valence-electron chi connectivity index (χ2n) is 6.34. The zero-order valence-corrected chi connectivity index (χ0v) is 16.7. The molecule has 146 valence electrons. The number of ether oxygens (including phenoxy) is 2. The summed E-state index contributed by atoms with van der Waals surface area (Å²) < 4.78 is 12.5. The van der Waals surface area contributed by atoms with Crippen LogP contribution in [0.1, 0.15) is 18.2 Å². The average molecular weight is 420 g/mol. The van der Waals surface area contributed by atoms with Crippen LogP contribution in [0.4, 0.5) is 5.69 Å². The van der Waals surface area contributed by atoms with Gasteiger partial charge in [-0.3, -0.25) is 14.2 Å². The number of carbonyl (C=O) groups is 1. The lowest BCUT2D eigenvalue weighted by molar-refractivity contribution is -0.116. The maximum absolute atomic E-state index is 12.6. The van der Waals surface area contributed by atoms with Crippen molar-refractivity contribution in [3.63, 3.8) is 0 Å². The monoisotopic (exact) mass is 419 g/mol. The molecule has 1 aromatic carbocycles. The third-order valence-electron chi connectivity index (χ3n) is 4.34. The van der Waals surface area contributed by atoms with Crippen LogP contribution in [-0.2, 0) is 17.8 Å². The number of rotatable bonds is 4. The van der Waals surface area contributed by atoms with E-state index in [0.717, 1.165) is 17.7 Å². The number of halogens is 1. The molecule has 1 aliphatic heterocycles. The van der Waals surface area contributed by atoms with E-state index >= 15 is 0 Å². The molecule has 0 fully saturated rings. The Labute approximate surface area is 169 Å². The highest BCUT2D eigenvalue weighted by atomic mass is 35.5. The van der Waals surface area contributed by atoms with E-state index in [2.05, 4.69) is 10.3 Å². The van der Waals surface area contributed by atoms with Gasteiger partial charge < -0.3 is 14.8 Å². The average Bonchev–Trinajstić information content (AvgIpc) is 2.98. The molecule has 0 radical (unpaired) electrons. The van der Waals surface area contributed by atoms with Crippen LogP contribution >= 0.6 is 22.9 Å². The van der Waals surface area contributed by atoms with E-state index in [-0.39, 0.29) is 18.0 Å². The highest BCUT2D eigenvalue weighted by Gasteiger charge is 2.16. The minimum atomic E-state index is -0.384. The maximum atomic E-state index is 12.6. The van der Waals surface area contributed by atoms with Crippen molar-refractivity contribution < 1.29 is 14.3 Å². The molecule has 4 rings (SSSR count). The van der Waals surface area contributed by atoms with Crippen LogP contribution in [0, 0.1) is 0 Å². The summed E-state index contributed by atoms with van der Waals surface area (Å²) in [6.07, 6.45) is 3.01. The van der Waals surface area contributed by atoms with Gasteiger partial charge >= 0.3 is 0 Å². The van der Waals surface area contributed by atoms with Gasteiger partial charge in [0, 0.05) is 23.4 Å². The summed E-state index contributed by atoms with van der Waals surface area (Å²) in [7, 11) is 0. The van der Waals surface area contributed by atoms with Crippen LogP contribution in [-0.4, -0.2) is 28.7 Å². The van der Waals surface area contributed by atoms with Crippen molar-refractivity contribution >= 4 is 44.7 Å². The number of amides is 1. The number of thiophene rings is 1. The summed E-state index contributed by atoms with van der Waals surface area (Å²) in [4.78, 5) is 31.2. The van der Waals surface area contributed by atoms with Gasteiger partial charge in [-0.15, -0.1) is 11.3 Å². The highest BCUT2D eigenvalue weighted by molar-refractivity contribution is 7.18. The molecule has 0 bridgehead atoms. The third-order valence-corrected chi connectivity index (χ3v) is 5.84. The third kappa shape index (κ3) is 3.70. The first-order valence-electron chi connectivity index (χ1n) is 8.92. The number of benzene rings is 1. The lowest BCUT2D eigenvalue weighted by atomic mass is 10.2. The van der Waals surface area contributed by atoms with Gasteiger partial charge in [-0.2, -0.15) is 0 Å². The highest BCUT2D eigenvalue weighted by Crippen LogP contribution is 2.37. The predicted molar refractivity (Wildman–Crippen MR) is 109 cm³/mol. The van der Waals surface area contributed by atoms with Crippen molar-refractivity contribution in [1.82, 2.24) is 9.55 Å². The lowest BCUT2D eigenvalue weighted by Gasteiger charge is -2.13. The van der Waals surface area contributed by atoms with Gasteiger partial charge in [0.05, 0.1) is 35.6 Å². The maximum Gasteiger partial charge on any atom is 0.262 e. The minimum absolute atomic E-state index is 0.163. The largest absolute Gasteiger partial charge is 0.490 e. The number of aromatic nitrogens is 2. The first-order chi connectivity index (χ1) is 13.5. The Kier molecular flexibility index (Phi) is 5.23. The molecule has 1 N–H and O–H groups in total. The quantitative estimate of drug-likeness (QED) is 0.700. The zero-order valence-electron chi connectivity index (χ0n) is 15.2. The normalized spacial score (nSPS) is 13.4. The molecule has 28 heavy (non-hydrogen) atoms. The van der Waals surface area contributed by atoms with E-state index in [4.69, 9.17) is 21.1 Å². The fourth-order valence-corrected chi connectivity index (χ4v) is 4.05. The first kappa shape index (κ1) is 18.8. The van der Waals surface area contributed by atoms with E-state index in [9.17, 15) is 9.59 Å². The SMILES string of the molecule is CCc1cc2c(=O)n(CC(=O)Nc3cc4c(cc3Cl)OCCCO4)cnc2s1. The Morgan fingerprint density at radius 3 is 2.79 bits per heavy atom. The number of nitrogens with one attached hydrogen (secondary N) is 1. The summed E-state index contributed by atoms with van der Waals surface area (Å²) in [6.45, 7) is 2.94. The van der Waals surface area contributed by atoms with Crippen LogP contribution in [0.3, 0.4) is 0 Å². The van der Waals surface area contributed by atoms with E-state index < -0.39 is 0 Å². The zero-order chi connectivity index (χ0) is 19.7. The van der Waals surface area contributed by atoms with Crippen LogP contribution < -0.4 is 20.3 Å². The van der Waals surface area contributed by atoms with Gasteiger partial charge in [-0.05, 0) is 12.5 Å². The molecule has 0 spiro atoms. The number of fused-ring (bicyclic) bond motifs is 2. The number of hydrogen-bond donors (Lipinski definition) is 1. The summed E-state index contributed by atoms with van der Waals surface area (Å²) in [5.41, 5.74) is 0.169. The summed E-state index contributed by atoms with van der Waals surface area (Å²) in [5, 5.41) is 3.60.